The number of hydrogen-bond donors (Lipinski definition) is 2. The number of nitrogens with one attached hydrogen (secondary N) is 1. The van der Waals surface area contributed by atoms with Crippen LogP contribution in [0.5, 0.6) is 0 Å². The molecule has 0 spiro atoms. The Morgan fingerprint density at radius 3 is 2.81 bits per heavy atom. The number of carboxylic acids is 1. The molecule has 1 aromatic rings. The van der Waals surface area contributed by atoms with Crippen LogP contribution >= 0.6 is 0 Å². The third-order valence-electron chi connectivity index (χ3n) is 2.48. The molecule has 0 bridgehead atoms. The Hall–Kier alpha value is -2.04. The predicted octanol–water partition coefficient (Wildman–Crippen LogP) is 0.843. The van der Waals surface area contributed by atoms with Crippen molar-refractivity contribution in [1.29, 1.82) is 0 Å². The van der Waals surface area contributed by atoms with E-state index in [0.717, 1.165) is 0 Å². The molecular formula is C11H12N2O3. The van der Waals surface area contributed by atoms with E-state index >= 15 is 0 Å². The highest BCUT2D eigenvalue weighted by Gasteiger charge is 2.23. The summed E-state index contributed by atoms with van der Waals surface area (Å²) in [7, 11) is 0. The van der Waals surface area contributed by atoms with E-state index in [-0.39, 0.29) is 12.5 Å². The molecule has 1 aromatic carbocycles. The molecule has 1 aliphatic rings. The maximum Gasteiger partial charge on any atom is 0.322 e. The first-order valence-corrected chi connectivity index (χ1v) is 5.03. The van der Waals surface area contributed by atoms with Gasteiger partial charge in [0.2, 0.25) is 0 Å². The van der Waals surface area contributed by atoms with Crippen LogP contribution in [0.25, 0.3) is 0 Å². The Balaban J connectivity index is 2.32. The van der Waals surface area contributed by atoms with Gasteiger partial charge < -0.3 is 10.4 Å². The minimum Gasteiger partial charge on any atom is -0.481 e. The number of rotatable bonds is 3. The molecule has 1 saturated heterocycles. The number of amides is 2. The molecule has 2 amide bonds. The van der Waals surface area contributed by atoms with Crippen LogP contribution < -0.4 is 10.2 Å². The molecule has 5 nitrogen and oxygen atoms in total. The smallest absolute Gasteiger partial charge is 0.322 e. The number of urea groups is 1. The van der Waals surface area contributed by atoms with Gasteiger partial charge in [-0.3, -0.25) is 9.69 Å². The molecule has 0 radical (unpaired) electrons. The molecule has 1 fully saturated rings. The molecule has 1 aliphatic heterocycles. The van der Waals surface area contributed by atoms with Gasteiger partial charge in [-0.15, -0.1) is 0 Å². The van der Waals surface area contributed by atoms with Crippen molar-refractivity contribution in [3.8, 4) is 0 Å². The van der Waals surface area contributed by atoms with Crippen molar-refractivity contribution < 1.29 is 14.7 Å². The molecule has 5 heteroatoms. The Morgan fingerprint density at radius 1 is 1.44 bits per heavy atom. The van der Waals surface area contributed by atoms with Crippen molar-refractivity contribution in [2.75, 3.05) is 18.0 Å². The molecule has 0 aliphatic carbocycles. The summed E-state index contributed by atoms with van der Waals surface area (Å²) in [5.41, 5.74) is 1.34. The maximum absolute atomic E-state index is 11.5. The van der Waals surface area contributed by atoms with E-state index in [2.05, 4.69) is 5.32 Å². The molecule has 0 atom stereocenters. The molecule has 16 heavy (non-hydrogen) atoms. The van der Waals surface area contributed by atoms with E-state index < -0.39 is 5.97 Å². The Kier molecular flexibility index (Phi) is 2.76. The number of anilines is 1. The first-order chi connectivity index (χ1) is 7.68. The van der Waals surface area contributed by atoms with Crippen molar-refractivity contribution in [3.63, 3.8) is 0 Å². The average Bonchev–Trinajstić information content (AvgIpc) is 2.64. The monoisotopic (exact) mass is 220 g/mol. The number of carboxylic acid groups (broad SMARTS) is 1. The Labute approximate surface area is 92.7 Å². The highest BCUT2D eigenvalue weighted by molar-refractivity contribution is 5.95. The van der Waals surface area contributed by atoms with Gasteiger partial charge in [0.1, 0.15) is 0 Å². The van der Waals surface area contributed by atoms with Crippen LogP contribution in [0.3, 0.4) is 0 Å². The molecule has 0 aromatic heterocycles. The van der Waals surface area contributed by atoms with Crippen LogP contribution in [0.4, 0.5) is 10.5 Å². The summed E-state index contributed by atoms with van der Waals surface area (Å²) in [6.07, 6.45) is -0.0695. The molecule has 2 N–H and O–H groups in total. The topological polar surface area (TPSA) is 69.6 Å². The van der Waals surface area contributed by atoms with E-state index in [9.17, 15) is 9.59 Å². The van der Waals surface area contributed by atoms with Crippen LogP contribution in [0.2, 0.25) is 0 Å². The van der Waals surface area contributed by atoms with E-state index in [1.807, 2.05) is 0 Å². The number of aliphatic carboxylic acids is 1. The van der Waals surface area contributed by atoms with Gasteiger partial charge in [0.15, 0.2) is 0 Å². The third kappa shape index (κ3) is 1.98. The zero-order valence-corrected chi connectivity index (χ0v) is 8.64. The number of nitrogens with zero attached hydrogens (tertiary/aromatic N) is 1. The minimum atomic E-state index is -0.896. The van der Waals surface area contributed by atoms with E-state index in [1.165, 1.54) is 0 Å². The van der Waals surface area contributed by atoms with Crippen molar-refractivity contribution in [1.82, 2.24) is 5.32 Å². The van der Waals surface area contributed by atoms with Crippen LogP contribution in [0.1, 0.15) is 5.56 Å². The first-order valence-electron chi connectivity index (χ1n) is 5.03. The number of para-hydroxylation sites is 1. The number of carbonyl (C=O) groups excluding carboxylic acids is 1. The van der Waals surface area contributed by atoms with Crippen LogP contribution in [0, 0.1) is 0 Å². The lowest BCUT2D eigenvalue weighted by atomic mass is 10.1. The van der Waals surface area contributed by atoms with E-state index in [1.54, 1.807) is 29.2 Å². The molecule has 1 heterocycles. The van der Waals surface area contributed by atoms with Gasteiger partial charge in [-0.2, -0.15) is 0 Å². The van der Waals surface area contributed by atoms with Crippen molar-refractivity contribution >= 4 is 17.7 Å². The van der Waals surface area contributed by atoms with Crippen molar-refractivity contribution in [2.24, 2.45) is 0 Å². The Bertz CT molecular complexity index is 431. The SMILES string of the molecule is O=C(O)Cc1ccccc1N1CCNC1=O. The summed E-state index contributed by atoms with van der Waals surface area (Å²) in [6.45, 7) is 1.18. The summed E-state index contributed by atoms with van der Waals surface area (Å²) >= 11 is 0. The van der Waals surface area contributed by atoms with Crippen molar-refractivity contribution in [2.45, 2.75) is 6.42 Å². The minimum absolute atomic E-state index is 0.0695. The second kappa shape index (κ2) is 4.22. The lowest BCUT2D eigenvalue weighted by molar-refractivity contribution is -0.136. The van der Waals surface area contributed by atoms with Gasteiger partial charge in [0.25, 0.3) is 0 Å². The van der Waals surface area contributed by atoms with Crippen molar-refractivity contribution in [3.05, 3.63) is 29.8 Å². The standard InChI is InChI=1S/C11H12N2O3/c14-10(15)7-8-3-1-2-4-9(8)13-6-5-12-11(13)16/h1-4H,5-7H2,(H,12,16)(H,14,15). The highest BCUT2D eigenvalue weighted by Crippen LogP contribution is 2.22. The summed E-state index contributed by atoms with van der Waals surface area (Å²) in [5.74, 6) is -0.896. The fraction of sp³-hybridized carbons (Fsp3) is 0.273. The van der Waals surface area contributed by atoms with Gasteiger partial charge >= 0.3 is 12.0 Å². The van der Waals surface area contributed by atoms with Crippen LogP contribution in [-0.2, 0) is 11.2 Å². The molecular weight excluding hydrogens is 208 g/mol. The average molecular weight is 220 g/mol. The van der Waals surface area contributed by atoms with Gasteiger partial charge in [-0.05, 0) is 11.6 Å². The third-order valence-corrected chi connectivity index (χ3v) is 2.48. The fourth-order valence-corrected chi connectivity index (χ4v) is 1.79. The molecule has 0 saturated carbocycles. The van der Waals surface area contributed by atoms with Crippen LogP contribution in [0.15, 0.2) is 24.3 Å². The van der Waals surface area contributed by atoms with Crippen LogP contribution in [-0.4, -0.2) is 30.2 Å². The Morgan fingerprint density at radius 2 is 2.19 bits per heavy atom. The lowest BCUT2D eigenvalue weighted by Gasteiger charge is -2.17. The van der Waals surface area contributed by atoms with Gasteiger partial charge in [0, 0.05) is 18.8 Å². The molecule has 2 rings (SSSR count). The summed E-state index contributed by atoms with van der Waals surface area (Å²) in [6, 6.07) is 6.90. The maximum atomic E-state index is 11.5. The summed E-state index contributed by atoms with van der Waals surface area (Å²) in [4.78, 5) is 23.7. The fourth-order valence-electron chi connectivity index (χ4n) is 1.79. The first kappa shape index (κ1) is 10.5. The van der Waals surface area contributed by atoms with E-state index in [4.69, 9.17) is 5.11 Å². The summed E-state index contributed by atoms with van der Waals surface area (Å²) < 4.78 is 0. The zero-order valence-electron chi connectivity index (χ0n) is 8.64. The molecule has 0 unspecified atom stereocenters. The van der Waals surface area contributed by atoms with Gasteiger partial charge in [-0.1, -0.05) is 18.2 Å². The number of benzene rings is 1. The second-order valence-electron chi connectivity index (χ2n) is 3.58. The molecule has 84 valence electrons. The van der Waals surface area contributed by atoms with Gasteiger partial charge in [-0.25, -0.2) is 4.79 Å². The zero-order chi connectivity index (χ0) is 11.5. The number of carbonyl (C=O) groups is 2. The number of hydrogen-bond acceptors (Lipinski definition) is 2. The second-order valence-corrected chi connectivity index (χ2v) is 3.58. The summed E-state index contributed by atoms with van der Waals surface area (Å²) in [5, 5.41) is 11.5. The van der Waals surface area contributed by atoms with E-state index in [0.29, 0.717) is 24.3 Å². The lowest BCUT2D eigenvalue weighted by Crippen LogP contribution is -2.28. The normalized spacial score (nSPS) is 15.0. The highest BCUT2D eigenvalue weighted by atomic mass is 16.4. The van der Waals surface area contributed by atoms with Gasteiger partial charge in [0.05, 0.1) is 6.42 Å². The largest absolute Gasteiger partial charge is 0.481 e. The predicted molar refractivity (Wildman–Crippen MR) is 58.5 cm³/mol. The quantitative estimate of drug-likeness (QED) is 0.793.